The molecule has 0 radical (unpaired) electrons. The normalized spacial score (nSPS) is 25.3. The number of nitrogens with two attached hydrogens (primary N) is 2. The van der Waals surface area contributed by atoms with Crippen molar-refractivity contribution in [2.24, 2.45) is 11.5 Å². The molecule has 2 heteroatoms. The SMILES string of the molecule is NC1CCCC1.NC1CCCCCC1. The van der Waals surface area contributed by atoms with E-state index < -0.39 is 0 Å². The zero-order chi connectivity index (χ0) is 10.2. The van der Waals surface area contributed by atoms with Gasteiger partial charge < -0.3 is 11.5 Å². The van der Waals surface area contributed by atoms with E-state index in [0.29, 0.717) is 12.1 Å². The highest BCUT2D eigenvalue weighted by molar-refractivity contribution is 4.67. The van der Waals surface area contributed by atoms with Crippen molar-refractivity contribution in [2.75, 3.05) is 0 Å². The molecule has 0 amide bonds. The number of hydrogen-bond acceptors (Lipinski definition) is 2. The summed E-state index contributed by atoms with van der Waals surface area (Å²) in [5.41, 5.74) is 11.3. The molecule has 2 aliphatic carbocycles. The van der Waals surface area contributed by atoms with Gasteiger partial charge in [-0.05, 0) is 25.7 Å². The van der Waals surface area contributed by atoms with Crippen molar-refractivity contribution >= 4 is 0 Å². The molecule has 0 aliphatic heterocycles. The van der Waals surface area contributed by atoms with Gasteiger partial charge in [0.05, 0.1) is 0 Å². The second kappa shape index (κ2) is 7.24. The van der Waals surface area contributed by atoms with Crippen LogP contribution in [0.15, 0.2) is 0 Å². The van der Waals surface area contributed by atoms with Crippen LogP contribution < -0.4 is 11.5 Å². The average Bonchev–Trinajstić information content (AvgIpc) is 2.51. The maximum absolute atomic E-state index is 5.73. The summed E-state index contributed by atoms with van der Waals surface area (Å²) in [6.45, 7) is 0. The number of hydrogen-bond donors (Lipinski definition) is 2. The van der Waals surface area contributed by atoms with E-state index in [1.807, 2.05) is 0 Å². The van der Waals surface area contributed by atoms with Crippen molar-refractivity contribution < 1.29 is 0 Å². The van der Waals surface area contributed by atoms with Gasteiger partial charge in [0, 0.05) is 12.1 Å². The predicted molar refractivity (Wildman–Crippen MR) is 62.1 cm³/mol. The van der Waals surface area contributed by atoms with Gasteiger partial charge in [0.15, 0.2) is 0 Å². The molecule has 2 saturated carbocycles. The molecule has 0 unspecified atom stereocenters. The molecule has 2 rings (SSSR count). The van der Waals surface area contributed by atoms with Crippen LogP contribution in [-0.2, 0) is 0 Å². The highest BCUT2D eigenvalue weighted by atomic mass is 14.6. The third-order valence-electron chi connectivity index (χ3n) is 3.30. The van der Waals surface area contributed by atoms with Gasteiger partial charge in [-0.25, -0.2) is 0 Å². The fourth-order valence-electron chi connectivity index (χ4n) is 2.27. The second-order valence-electron chi connectivity index (χ2n) is 4.80. The van der Waals surface area contributed by atoms with Gasteiger partial charge in [-0.2, -0.15) is 0 Å². The first kappa shape index (κ1) is 12.0. The summed E-state index contributed by atoms with van der Waals surface area (Å²) in [4.78, 5) is 0. The lowest BCUT2D eigenvalue weighted by Gasteiger charge is -2.03. The van der Waals surface area contributed by atoms with Crippen LogP contribution in [0.3, 0.4) is 0 Å². The first-order valence-corrected chi connectivity index (χ1v) is 6.30. The lowest BCUT2D eigenvalue weighted by atomic mass is 10.1. The molecule has 4 N–H and O–H groups in total. The largest absolute Gasteiger partial charge is 0.328 e. The molecule has 0 aromatic carbocycles. The molecule has 0 saturated heterocycles. The fourth-order valence-corrected chi connectivity index (χ4v) is 2.27. The van der Waals surface area contributed by atoms with E-state index in [9.17, 15) is 0 Å². The third kappa shape index (κ3) is 5.61. The Labute approximate surface area is 88.4 Å². The molecule has 0 bridgehead atoms. The predicted octanol–water partition coefficient (Wildman–Crippen LogP) is 2.56. The Balaban J connectivity index is 0.000000146. The van der Waals surface area contributed by atoms with Crippen molar-refractivity contribution in [3.63, 3.8) is 0 Å². The van der Waals surface area contributed by atoms with Crippen LogP contribution in [-0.4, -0.2) is 12.1 Å². The van der Waals surface area contributed by atoms with Crippen LogP contribution in [0.1, 0.15) is 64.2 Å². The van der Waals surface area contributed by atoms with E-state index in [2.05, 4.69) is 0 Å². The minimum absolute atomic E-state index is 0.525. The summed E-state index contributed by atoms with van der Waals surface area (Å²) in [6.07, 6.45) is 13.3. The summed E-state index contributed by atoms with van der Waals surface area (Å²) in [5, 5.41) is 0. The van der Waals surface area contributed by atoms with Crippen molar-refractivity contribution in [1.82, 2.24) is 0 Å². The second-order valence-corrected chi connectivity index (χ2v) is 4.80. The lowest BCUT2D eigenvalue weighted by Crippen LogP contribution is -2.17. The molecule has 84 valence electrons. The van der Waals surface area contributed by atoms with E-state index in [4.69, 9.17) is 11.5 Å². The molecule has 0 atom stereocenters. The van der Waals surface area contributed by atoms with Gasteiger partial charge in [0.2, 0.25) is 0 Å². The van der Waals surface area contributed by atoms with Crippen LogP contribution in [0.25, 0.3) is 0 Å². The van der Waals surface area contributed by atoms with Crippen LogP contribution in [0.4, 0.5) is 0 Å². The minimum Gasteiger partial charge on any atom is -0.328 e. The topological polar surface area (TPSA) is 52.0 Å². The Bertz CT molecular complexity index is 122. The summed E-state index contributed by atoms with van der Waals surface area (Å²) in [5.74, 6) is 0. The quantitative estimate of drug-likeness (QED) is 0.588. The van der Waals surface area contributed by atoms with Gasteiger partial charge >= 0.3 is 0 Å². The fraction of sp³-hybridized carbons (Fsp3) is 1.00. The first-order valence-electron chi connectivity index (χ1n) is 6.30. The summed E-state index contributed by atoms with van der Waals surface area (Å²) in [6, 6.07) is 1.07. The molecule has 0 aromatic heterocycles. The van der Waals surface area contributed by atoms with E-state index in [1.54, 1.807) is 0 Å². The molecule has 2 nitrogen and oxygen atoms in total. The van der Waals surface area contributed by atoms with Gasteiger partial charge in [-0.3, -0.25) is 0 Å². The summed E-state index contributed by atoms with van der Waals surface area (Å²) < 4.78 is 0. The average molecular weight is 198 g/mol. The Morgan fingerprint density at radius 3 is 1.14 bits per heavy atom. The van der Waals surface area contributed by atoms with E-state index in [1.165, 1.54) is 64.2 Å². The monoisotopic (exact) mass is 198 g/mol. The van der Waals surface area contributed by atoms with Crippen molar-refractivity contribution in [3.05, 3.63) is 0 Å². The van der Waals surface area contributed by atoms with Crippen LogP contribution >= 0.6 is 0 Å². The van der Waals surface area contributed by atoms with Crippen molar-refractivity contribution in [3.8, 4) is 0 Å². The van der Waals surface area contributed by atoms with Gasteiger partial charge in [-0.1, -0.05) is 38.5 Å². The summed E-state index contributed by atoms with van der Waals surface area (Å²) >= 11 is 0. The maximum Gasteiger partial charge on any atom is 0.00388 e. The Morgan fingerprint density at radius 1 is 0.500 bits per heavy atom. The molecular formula is C12H26N2. The Morgan fingerprint density at radius 2 is 0.786 bits per heavy atom. The zero-order valence-electron chi connectivity index (χ0n) is 9.38. The molecular weight excluding hydrogens is 172 g/mol. The van der Waals surface area contributed by atoms with Gasteiger partial charge in [0.1, 0.15) is 0 Å². The maximum atomic E-state index is 5.73. The Hall–Kier alpha value is -0.0800. The van der Waals surface area contributed by atoms with Gasteiger partial charge in [-0.15, -0.1) is 0 Å². The molecule has 2 fully saturated rings. The molecule has 0 spiro atoms. The van der Waals surface area contributed by atoms with Crippen LogP contribution in [0, 0.1) is 0 Å². The smallest absolute Gasteiger partial charge is 0.00388 e. The lowest BCUT2D eigenvalue weighted by molar-refractivity contribution is 0.583. The van der Waals surface area contributed by atoms with E-state index >= 15 is 0 Å². The highest BCUT2D eigenvalue weighted by Gasteiger charge is 2.07. The van der Waals surface area contributed by atoms with E-state index in [0.717, 1.165) is 0 Å². The molecule has 2 aliphatic rings. The van der Waals surface area contributed by atoms with Crippen LogP contribution in [0.2, 0.25) is 0 Å². The van der Waals surface area contributed by atoms with E-state index in [-0.39, 0.29) is 0 Å². The minimum atomic E-state index is 0.525. The van der Waals surface area contributed by atoms with Crippen molar-refractivity contribution in [1.29, 1.82) is 0 Å². The zero-order valence-corrected chi connectivity index (χ0v) is 9.38. The highest BCUT2D eigenvalue weighted by Crippen LogP contribution is 2.15. The third-order valence-corrected chi connectivity index (χ3v) is 3.30. The van der Waals surface area contributed by atoms with Gasteiger partial charge in [0.25, 0.3) is 0 Å². The van der Waals surface area contributed by atoms with Crippen LogP contribution in [0.5, 0.6) is 0 Å². The summed E-state index contributed by atoms with van der Waals surface area (Å²) in [7, 11) is 0. The molecule has 0 aromatic rings. The molecule has 14 heavy (non-hydrogen) atoms. The first-order chi connectivity index (χ1) is 6.79. The van der Waals surface area contributed by atoms with Crippen molar-refractivity contribution in [2.45, 2.75) is 76.3 Å². The standard InChI is InChI=1S/C7H15N.C5H11N/c8-7-5-3-1-2-4-6-7;6-5-3-1-2-4-5/h7H,1-6,8H2;5H,1-4,6H2. The molecule has 0 heterocycles. The Kier molecular flexibility index (Phi) is 6.20. The number of rotatable bonds is 0.